The Morgan fingerprint density at radius 1 is 1.21 bits per heavy atom. The van der Waals surface area contributed by atoms with E-state index in [0.29, 0.717) is 5.69 Å². The molecule has 8 heteroatoms. The first kappa shape index (κ1) is 17.5. The first-order valence-electron chi connectivity index (χ1n) is 8.53. The summed E-state index contributed by atoms with van der Waals surface area (Å²) in [6.45, 7) is 1.75. The largest absolute Gasteiger partial charge is 0.508 e. The molecule has 1 N–H and O–H groups in total. The standard InChI is InChI=1S/C20H15N3O5/c1-2-27-20(26)18-16(17(25)14-9-8-13(24)10-15(14)28-18)19-22-21-11-23(19)12-6-4-3-5-7-12/h3-11,24H,2H2,1H3. The lowest BCUT2D eigenvalue weighted by Gasteiger charge is -2.10. The molecule has 0 saturated heterocycles. The van der Waals surface area contributed by atoms with Crippen LogP contribution in [0, 0.1) is 0 Å². The van der Waals surface area contributed by atoms with Gasteiger partial charge in [0.15, 0.2) is 5.82 Å². The SMILES string of the molecule is CCOC(=O)c1oc2cc(O)ccc2c(=O)c1-c1nncn1-c1ccccc1. The van der Waals surface area contributed by atoms with Gasteiger partial charge in [0.2, 0.25) is 11.2 Å². The van der Waals surface area contributed by atoms with Crippen molar-refractivity contribution in [3.8, 4) is 22.8 Å². The molecule has 0 spiro atoms. The van der Waals surface area contributed by atoms with Crippen molar-refractivity contribution >= 4 is 16.9 Å². The lowest BCUT2D eigenvalue weighted by Crippen LogP contribution is -2.17. The topological polar surface area (TPSA) is 107 Å². The molecule has 4 rings (SSSR count). The smallest absolute Gasteiger partial charge is 0.375 e. The average molecular weight is 377 g/mol. The van der Waals surface area contributed by atoms with Gasteiger partial charge in [0, 0.05) is 11.8 Å². The molecule has 2 aromatic carbocycles. The van der Waals surface area contributed by atoms with Crippen molar-refractivity contribution < 1.29 is 19.1 Å². The van der Waals surface area contributed by atoms with Crippen molar-refractivity contribution in [2.24, 2.45) is 0 Å². The molecule has 0 amide bonds. The molecule has 0 atom stereocenters. The molecular weight excluding hydrogens is 362 g/mol. The first-order valence-corrected chi connectivity index (χ1v) is 8.53. The number of nitrogens with zero attached hydrogens (tertiary/aromatic N) is 3. The van der Waals surface area contributed by atoms with Crippen LogP contribution in [0.15, 0.2) is 64.1 Å². The Hall–Kier alpha value is -3.94. The highest BCUT2D eigenvalue weighted by atomic mass is 16.5. The molecule has 0 aliphatic carbocycles. The molecule has 0 bridgehead atoms. The van der Waals surface area contributed by atoms with Crippen molar-refractivity contribution in [1.82, 2.24) is 14.8 Å². The van der Waals surface area contributed by atoms with E-state index in [1.54, 1.807) is 11.5 Å². The summed E-state index contributed by atoms with van der Waals surface area (Å²) in [6.07, 6.45) is 1.44. The second-order valence-corrected chi connectivity index (χ2v) is 5.90. The zero-order valence-electron chi connectivity index (χ0n) is 14.8. The fourth-order valence-corrected chi connectivity index (χ4v) is 2.91. The fourth-order valence-electron chi connectivity index (χ4n) is 2.91. The maximum Gasteiger partial charge on any atom is 0.375 e. The predicted octanol–water partition coefficient (Wildman–Crippen LogP) is 2.92. The van der Waals surface area contributed by atoms with Gasteiger partial charge >= 0.3 is 5.97 Å². The summed E-state index contributed by atoms with van der Waals surface area (Å²) in [4.78, 5) is 25.7. The number of carbonyl (C=O) groups excluding carboxylic acids is 1. The molecular formula is C20H15N3O5. The van der Waals surface area contributed by atoms with Crippen LogP contribution in [-0.2, 0) is 4.74 Å². The highest BCUT2D eigenvalue weighted by Gasteiger charge is 2.27. The van der Waals surface area contributed by atoms with Gasteiger partial charge in [0.25, 0.3) is 0 Å². The molecule has 8 nitrogen and oxygen atoms in total. The molecule has 4 aromatic rings. The number of esters is 1. The summed E-state index contributed by atoms with van der Waals surface area (Å²) in [6, 6.07) is 13.2. The van der Waals surface area contributed by atoms with Crippen LogP contribution >= 0.6 is 0 Å². The molecule has 140 valence electrons. The summed E-state index contributed by atoms with van der Waals surface area (Å²) in [5, 5.41) is 17.8. The normalized spacial score (nSPS) is 10.9. The van der Waals surface area contributed by atoms with E-state index in [4.69, 9.17) is 9.15 Å². The summed E-state index contributed by atoms with van der Waals surface area (Å²) < 4.78 is 12.3. The van der Waals surface area contributed by atoms with Gasteiger partial charge < -0.3 is 14.3 Å². The maximum absolute atomic E-state index is 13.2. The second-order valence-electron chi connectivity index (χ2n) is 5.90. The lowest BCUT2D eigenvalue weighted by molar-refractivity contribution is 0.0492. The van der Waals surface area contributed by atoms with Crippen molar-refractivity contribution in [3.05, 3.63) is 70.8 Å². The van der Waals surface area contributed by atoms with Gasteiger partial charge in [-0.15, -0.1) is 10.2 Å². The molecule has 0 saturated carbocycles. The van der Waals surface area contributed by atoms with Crippen molar-refractivity contribution in [2.45, 2.75) is 6.92 Å². The number of benzene rings is 2. The molecule has 0 unspecified atom stereocenters. The van der Waals surface area contributed by atoms with Crippen LogP contribution in [0.2, 0.25) is 0 Å². The Morgan fingerprint density at radius 2 is 2.00 bits per heavy atom. The number of hydrogen-bond acceptors (Lipinski definition) is 7. The number of carbonyl (C=O) groups is 1. The van der Waals surface area contributed by atoms with Crippen molar-refractivity contribution in [2.75, 3.05) is 6.61 Å². The van der Waals surface area contributed by atoms with E-state index in [1.165, 1.54) is 24.5 Å². The Morgan fingerprint density at radius 3 is 2.75 bits per heavy atom. The number of para-hydroxylation sites is 1. The van der Waals surface area contributed by atoms with E-state index in [-0.39, 0.29) is 40.5 Å². The number of aromatic nitrogens is 3. The van der Waals surface area contributed by atoms with Crippen molar-refractivity contribution in [1.29, 1.82) is 0 Å². The van der Waals surface area contributed by atoms with Crippen LogP contribution in [0.5, 0.6) is 5.75 Å². The number of phenolic OH excluding ortho intramolecular Hbond substituents is 1. The van der Waals surface area contributed by atoms with Gasteiger partial charge in [-0.1, -0.05) is 18.2 Å². The summed E-state index contributed by atoms with van der Waals surface area (Å²) in [5.74, 6) is -1.04. The highest BCUT2D eigenvalue weighted by molar-refractivity contribution is 5.97. The van der Waals surface area contributed by atoms with E-state index in [2.05, 4.69) is 10.2 Å². The van der Waals surface area contributed by atoms with Crippen LogP contribution in [0.25, 0.3) is 28.0 Å². The van der Waals surface area contributed by atoms with Gasteiger partial charge in [0.05, 0.1) is 12.0 Å². The molecule has 2 aromatic heterocycles. The minimum absolute atomic E-state index is 0.0574. The summed E-state index contributed by atoms with van der Waals surface area (Å²) in [7, 11) is 0. The molecule has 0 aliphatic rings. The Labute approximate surface area is 158 Å². The van der Waals surface area contributed by atoms with E-state index in [1.807, 2.05) is 30.3 Å². The summed E-state index contributed by atoms with van der Waals surface area (Å²) in [5.41, 5.74) is 0.248. The minimum Gasteiger partial charge on any atom is -0.508 e. The van der Waals surface area contributed by atoms with Crippen LogP contribution in [-0.4, -0.2) is 32.4 Å². The lowest BCUT2D eigenvalue weighted by atomic mass is 10.1. The number of rotatable bonds is 4. The molecule has 28 heavy (non-hydrogen) atoms. The zero-order chi connectivity index (χ0) is 19.7. The van der Waals surface area contributed by atoms with Gasteiger partial charge in [-0.2, -0.15) is 0 Å². The number of fused-ring (bicyclic) bond motifs is 1. The predicted molar refractivity (Wildman–Crippen MR) is 100 cm³/mol. The third kappa shape index (κ3) is 2.90. The van der Waals surface area contributed by atoms with Gasteiger partial charge in [-0.3, -0.25) is 9.36 Å². The van der Waals surface area contributed by atoms with Crippen LogP contribution in [0.4, 0.5) is 0 Å². The molecule has 0 fully saturated rings. The van der Waals surface area contributed by atoms with Crippen LogP contribution in [0.1, 0.15) is 17.5 Å². The Balaban J connectivity index is 2.04. The quantitative estimate of drug-likeness (QED) is 0.545. The monoisotopic (exact) mass is 377 g/mol. The number of ether oxygens (including phenoxy) is 1. The average Bonchev–Trinajstić information content (AvgIpc) is 3.17. The fraction of sp³-hybridized carbons (Fsp3) is 0.100. The third-order valence-corrected chi connectivity index (χ3v) is 4.14. The van der Waals surface area contributed by atoms with Crippen LogP contribution < -0.4 is 5.43 Å². The zero-order valence-corrected chi connectivity index (χ0v) is 14.8. The third-order valence-electron chi connectivity index (χ3n) is 4.14. The van der Waals surface area contributed by atoms with Gasteiger partial charge in [0.1, 0.15) is 23.2 Å². The van der Waals surface area contributed by atoms with Crippen LogP contribution in [0.3, 0.4) is 0 Å². The molecule has 0 aliphatic heterocycles. The summed E-state index contributed by atoms with van der Waals surface area (Å²) >= 11 is 0. The van der Waals surface area contributed by atoms with E-state index in [0.717, 1.165) is 0 Å². The Bertz CT molecular complexity index is 1230. The van der Waals surface area contributed by atoms with E-state index in [9.17, 15) is 14.7 Å². The van der Waals surface area contributed by atoms with E-state index >= 15 is 0 Å². The van der Waals surface area contributed by atoms with Gasteiger partial charge in [-0.25, -0.2) is 4.79 Å². The number of phenols is 1. The highest BCUT2D eigenvalue weighted by Crippen LogP contribution is 2.27. The molecule has 2 heterocycles. The number of aromatic hydroxyl groups is 1. The van der Waals surface area contributed by atoms with Crippen molar-refractivity contribution in [3.63, 3.8) is 0 Å². The van der Waals surface area contributed by atoms with Gasteiger partial charge in [-0.05, 0) is 31.2 Å². The molecule has 0 radical (unpaired) electrons. The first-order chi connectivity index (χ1) is 13.6. The second kappa shape index (κ2) is 6.99. The minimum atomic E-state index is -0.803. The Kier molecular flexibility index (Phi) is 4.36. The number of hydrogen-bond donors (Lipinski definition) is 1. The van der Waals surface area contributed by atoms with E-state index < -0.39 is 11.4 Å². The maximum atomic E-state index is 13.2.